The van der Waals surface area contributed by atoms with Crippen molar-refractivity contribution in [1.29, 1.82) is 0 Å². The summed E-state index contributed by atoms with van der Waals surface area (Å²) in [4.78, 5) is 0. The van der Waals surface area contributed by atoms with Crippen LogP contribution in [0.2, 0.25) is 0 Å². The molecule has 1 aromatic heterocycles. The molecule has 0 amide bonds. The Morgan fingerprint density at radius 2 is 1.71 bits per heavy atom. The first-order valence-electron chi connectivity index (χ1n) is 6.76. The minimum Gasteiger partial charge on any atom is -0.507 e. The van der Waals surface area contributed by atoms with Crippen LogP contribution >= 0.6 is 0 Å². The van der Waals surface area contributed by atoms with Crippen molar-refractivity contribution in [3.63, 3.8) is 0 Å². The van der Waals surface area contributed by atoms with Gasteiger partial charge in [-0.05, 0) is 41.0 Å². The fraction of sp³-hybridized carbons (Fsp3) is 0.188. The van der Waals surface area contributed by atoms with Gasteiger partial charge >= 0.3 is 0 Å². The minimum absolute atomic E-state index is 0.346. The molecule has 0 fully saturated rings. The van der Waals surface area contributed by atoms with Gasteiger partial charge < -0.3 is 5.11 Å². The Hall–Kier alpha value is -2.69. The van der Waals surface area contributed by atoms with Crippen LogP contribution in [-0.4, -0.2) is 25.3 Å². The lowest BCUT2D eigenvalue weighted by Crippen LogP contribution is -2.05. The number of phenolic OH excluding ortho intramolecular Hbond substituents is 1. The van der Waals surface area contributed by atoms with Crippen LogP contribution in [0.1, 0.15) is 16.7 Å². The number of phenols is 1. The lowest BCUT2D eigenvalue weighted by molar-refractivity contribution is 0.466. The number of hydrogen-bond acceptors (Lipinski definition) is 4. The number of aryl methyl sites for hydroxylation is 2. The maximum atomic E-state index is 9.84. The first-order chi connectivity index (χ1) is 10.1. The highest BCUT2D eigenvalue weighted by molar-refractivity contribution is 5.54. The normalized spacial score (nSPS) is 10.8. The molecule has 0 saturated heterocycles. The molecule has 5 heteroatoms. The molecular weight excluding hydrogens is 264 g/mol. The summed E-state index contributed by atoms with van der Waals surface area (Å²) in [6.45, 7) is 4.35. The Labute approximate surface area is 122 Å². The largest absolute Gasteiger partial charge is 0.507 e. The molecule has 0 saturated carbocycles. The van der Waals surface area contributed by atoms with Crippen LogP contribution in [-0.2, 0) is 6.54 Å². The summed E-state index contributed by atoms with van der Waals surface area (Å²) in [5, 5.41) is 21.8. The SMILES string of the molecule is Cc1cc(Cn2nnnc2-c2ccccc2)cc(C)c1O. The molecule has 0 spiro atoms. The van der Waals surface area contributed by atoms with E-state index in [1.807, 2.05) is 56.3 Å². The van der Waals surface area contributed by atoms with Crippen LogP contribution in [0.25, 0.3) is 11.4 Å². The predicted octanol–water partition coefficient (Wildman–Crippen LogP) is 2.71. The Morgan fingerprint density at radius 1 is 1.05 bits per heavy atom. The molecule has 0 atom stereocenters. The van der Waals surface area contributed by atoms with E-state index in [1.54, 1.807) is 4.68 Å². The molecule has 0 bridgehead atoms. The highest BCUT2D eigenvalue weighted by atomic mass is 16.3. The summed E-state index contributed by atoms with van der Waals surface area (Å²) < 4.78 is 1.76. The first-order valence-corrected chi connectivity index (χ1v) is 6.76. The number of rotatable bonds is 3. The number of hydrogen-bond donors (Lipinski definition) is 1. The molecule has 0 aliphatic carbocycles. The second kappa shape index (κ2) is 5.36. The summed E-state index contributed by atoms with van der Waals surface area (Å²) in [6.07, 6.45) is 0. The Balaban J connectivity index is 1.95. The standard InChI is InChI=1S/C16H16N4O/c1-11-8-13(9-12(2)15(11)21)10-20-16(17-18-19-20)14-6-4-3-5-7-14/h3-9,21H,10H2,1-2H3. The van der Waals surface area contributed by atoms with Gasteiger partial charge in [0.25, 0.3) is 0 Å². The second-order valence-electron chi connectivity index (χ2n) is 5.10. The van der Waals surface area contributed by atoms with E-state index in [2.05, 4.69) is 15.5 Å². The Kier molecular flexibility index (Phi) is 3.39. The number of nitrogens with zero attached hydrogens (tertiary/aromatic N) is 4. The fourth-order valence-corrected chi connectivity index (χ4v) is 2.41. The van der Waals surface area contributed by atoms with E-state index in [0.717, 1.165) is 28.1 Å². The van der Waals surface area contributed by atoms with Gasteiger partial charge in [0.15, 0.2) is 5.82 Å². The van der Waals surface area contributed by atoms with Crippen molar-refractivity contribution in [3.8, 4) is 17.1 Å². The summed E-state index contributed by atoms with van der Waals surface area (Å²) in [5.41, 5.74) is 3.76. The fourth-order valence-electron chi connectivity index (χ4n) is 2.41. The third kappa shape index (κ3) is 2.63. The average molecular weight is 280 g/mol. The summed E-state index contributed by atoms with van der Waals surface area (Å²) >= 11 is 0. The second-order valence-corrected chi connectivity index (χ2v) is 5.10. The number of benzene rings is 2. The van der Waals surface area contributed by atoms with E-state index in [9.17, 15) is 5.11 Å². The Bertz CT molecular complexity index is 742. The highest BCUT2D eigenvalue weighted by Crippen LogP contribution is 2.24. The first kappa shape index (κ1) is 13.3. The van der Waals surface area contributed by atoms with E-state index in [-0.39, 0.29) is 0 Å². The molecule has 0 aliphatic heterocycles. The van der Waals surface area contributed by atoms with Crippen molar-refractivity contribution in [2.45, 2.75) is 20.4 Å². The molecule has 21 heavy (non-hydrogen) atoms. The van der Waals surface area contributed by atoms with Crippen molar-refractivity contribution >= 4 is 0 Å². The summed E-state index contributed by atoms with van der Waals surface area (Å²) in [5.74, 6) is 1.08. The van der Waals surface area contributed by atoms with Crippen molar-refractivity contribution in [2.24, 2.45) is 0 Å². The molecule has 5 nitrogen and oxygen atoms in total. The van der Waals surface area contributed by atoms with Gasteiger partial charge in [-0.15, -0.1) is 5.10 Å². The topological polar surface area (TPSA) is 63.8 Å². The molecule has 2 aromatic carbocycles. The quantitative estimate of drug-likeness (QED) is 0.801. The van der Waals surface area contributed by atoms with Gasteiger partial charge in [-0.25, -0.2) is 4.68 Å². The van der Waals surface area contributed by atoms with E-state index in [1.165, 1.54) is 0 Å². The van der Waals surface area contributed by atoms with Crippen LogP contribution in [0, 0.1) is 13.8 Å². The van der Waals surface area contributed by atoms with Crippen molar-refractivity contribution in [1.82, 2.24) is 20.2 Å². The smallest absolute Gasteiger partial charge is 0.182 e. The maximum absolute atomic E-state index is 9.84. The van der Waals surface area contributed by atoms with Gasteiger partial charge in [0.05, 0.1) is 6.54 Å². The van der Waals surface area contributed by atoms with Crippen LogP contribution in [0.3, 0.4) is 0 Å². The lowest BCUT2D eigenvalue weighted by Gasteiger charge is -2.09. The van der Waals surface area contributed by atoms with Crippen molar-refractivity contribution < 1.29 is 5.11 Å². The van der Waals surface area contributed by atoms with Crippen LogP contribution in [0.4, 0.5) is 0 Å². The van der Waals surface area contributed by atoms with Gasteiger partial charge in [-0.2, -0.15) is 0 Å². The summed E-state index contributed by atoms with van der Waals surface area (Å²) in [6, 6.07) is 13.8. The lowest BCUT2D eigenvalue weighted by atomic mass is 10.1. The molecule has 3 aromatic rings. The highest BCUT2D eigenvalue weighted by Gasteiger charge is 2.10. The molecular formula is C16H16N4O. The van der Waals surface area contributed by atoms with E-state index >= 15 is 0 Å². The number of aromatic nitrogens is 4. The summed E-state index contributed by atoms with van der Waals surface area (Å²) in [7, 11) is 0. The third-order valence-corrected chi connectivity index (χ3v) is 3.45. The zero-order valence-electron chi connectivity index (χ0n) is 12.0. The Morgan fingerprint density at radius 3 is 2.38 bits per heavy atom. The van der Waals surface area contributed by atoms with Gasteiger partial charge in [0.2, 0.25) is 0 Å². The number of tetrazole rings is 1. The predicted molar refractivity (Wildman–Crippen MR) is 79.9 cm³/mol. The zero-order chi connectivity index (χ0) is 14.8. The van der Waals surface area contributed by atoms with Gasteiger partial charge in [-0.3, -0.25) is 0 Å². The molecule has 106 valence electrons. The van der Waals surface area contributed by atoms with Crippen LogP contribution in [0.15, 0.2) is 42.5 Å². The monoisotopic (exact) mass is 280 g/mol. The van der Waals surface area contributed by atoms with Crippen molar-refractivity contribution in [3.05, 3.63) is 59.2 Å². The molecule has 0 radical (unpaired) electrons. The molecule has 1 N–H and O–H groups in total. The van der Waals surface area contributed by atoms with Crippen LogP contribution < -0.4 is 0 Å². The zero-order valence-corrected chi connectivity index (χ0v) is 12.0. The molecule has 0 aliphatic rings. The minimum atomic E-state index is 0.346. The van der Waals surface area contributed by atoms with E-state index < -0.39 is 0 Å². The molecule has 3 rings (SSSR count). The number of aromatic hydroxyl groups is 1. The van der Waals surface area contributed by atoms with Crippen LogP contribution in [0.5, 0.6) is 5.75 Å². The van der Waals surface area contributed by atoms with E-state index in [4.69, 9.17) is 0 Å². The van der Waals surface area contributed by atoms with Gasteiger partial charge in [-0.1, -0.05) is 42.5 Å². The third-order valence-electron chi connectivity index (χ3n) is 3.45. The maximum Gasteiger partial charge on any atom is 0.182 e. The average Bonchev–Trinajstić information content (AvgIpc) is 2.94. The van der Waals surface area contributed by atoms with Gasteiger partial charge in [0.1, 0.15) is 5.75 Å². The van der Waals surface area contributed by atoms with Gasteiger partial charge in [0, 0.05) is 5.56 Å². The van der Waals surface area contributed by atoms with E-state index in [0.29, 0.717) is 12.3 Å². The van der Waals surface area contributed by atoms with Crippen molar-refractivity contribution in [2.75, 3.05) is 0 Å². The molecule has 1 heterocycles. The molecule has 0 unspecified atom stereocenters.